The molecule has 0 aromatic carbocycles. The van der Waals surface area contributed by atoms with Gasteiger partial charge in [0.05, 0.1) is 18.7 Å². The van der Waals surface area contributed by atoms with Crippen molar-refractivity contribution in [2.45, 2.75) is 64.1 Å². The number of carbonyl (C=O) groups is 1. The molecular formula is C20H33N5O3. The van der Waals surface area contributed by atoms with Gasteiger partial charge in [-0.15, -0.1) is 0 Å². The second kappa shape index (κ2) is 8.51. The average molecular weight is 392 g/mol. The highest BCUT2D eigenvalue weighted by atomic mass is 16.6. The van der Waals surface area contributed by atoms with E-state index in [-0.39, 0.29) is 24.8 Å². The molecule has 2 fully saturated rings. The molecule has 2 saturated heterocycles. The minimum atomic E-state index is -0.500. The molecule has 2 aliphatic rings. The minimum Gasteiger partial charge on any atom is -0.444 e. The topological polar surface area (TPSA) is 82.0 Å². The Kier molecular flexibility index (Phi) is 6.27. The van der Waals surface area contributed by atoms with Crippen molar-refractivity contribution in [3.63, 3.8) is 0 Å². The molecule has 8 heteroatoms. The molecule has 1 N–H and O–H groups in total. The summed E-state index contributed by atoms with van der Waals surface area (Å²) >= 11 is 0. The van der Waals surface area contributed by atoms with Gasteiger partial charge in [0.2, 0.25) is 0 Å². The Hall–Kier alpha value is -2.09. The first kappa shape index (κ1) is 20.6. The van der Waals surface area contributed by atoms with Gasteiger partial charge in [-0.1, -0.05) is 0 Å². The van der Waals surface area contributed by atoms with Crippen molar-refractivity contribution in [3.8, 4) is 0 Å². The number of aromatic nitrogens is 2. The number of piperidine rings is 1. The molecule has 0 bridgehead atoms. The predicted molar refractivity (Wildman–Crippen MR) is 109 cm³/mol. The third-order valence-electron chi connectivity index (χ3n) is 5.47. The number of aliphatic hydroxyl groups is 1. The monoisotopic (exact) mass is 391 g/mol. The lowest BCUT2D eigenvalue weighted by atomic mass is 10.0. The number of hydrogen-bond donors (Lipinski definition) is 1. The summed E-state index contributed by atoms with van der Waals surface area (Å²) in [5, 5.41) is 9.60. The Morgan fingerprint density at radius 3 is 2.68 bits per heavy atom. The first-order chi connectivity index (χ1) is 13.3. The highest BCUT2D eigenvalue weighted by molar-refractivity contribution is 5.68. The molecule has 3 rings (SSSR count). The van der Waals surface area contributed by atoms with E-state index in [0.29, 0.717) is 0 Å². The summed E-state index contributed by atoms with van der Waals surface area (Å²) in [6.07, 6.45) is 5.30. The fourth-order valence-electron chi connectivity index (χ4n) is 3.96. The summed E-state index contributed by atoms with van der Waals surface area (Å²) in [6.45, 7) is 8.32. The van der Waals surface area contributed by atoms with Crippen LogP contribution in [0.2, 0.25) is 0 Å². The fraction of sp³-hybridized carbons (Fsp3) is 0.750. The van der Waals surface area contributed by atoms with E-state index in [4.69, 9.17) is 4.74 Å². The molecule has 28 heavy (non-hydrogen) atoms. The summed E-state index contributed by atoms with van der Waals surface area (Å²) in [6, 6.07) is 2.22. The summed E-state index contributed by atoms with van der Waals surface area (Å²) in [7, 11) is 1.81. The Morgan fingerprint density at radius 1 is 1.25 bits per heavy atom. The number of hydrogen-bond acceptors (Lipinski definition) is 7. The van der Waals surface area contributed by atoms with Crippen molar-refractivity contribution in [2.75, 3.05) is 43.1 Å². The smallest absolute Gasteiger partial charge is 0.410 e. The maximum atomic E-state index is 12.4. The van der Waals surface area contributed by atoms with Gasteiger partial charge >= 0.3 is 6.09 Å². The molecular weight excluding hydrogens is 358 g/mol. The predicted octanol–water partition coefficient (Wildman–Crippen LogP) is 2.27. The fourth-order valence-corrected chi connectivity index (χ4v) is 3.96. The van der Waals surface area contributed by atoms with E-state index in [1.54, 1.807) is 11.2 Å². The van der Waals surface area contributed by atoms with E-state index < -0.39 is 5.60 Å². The molecule has 0 aliphatic carbocycles. The van der Waals surface area contributed by atoms with Gasteiger partial charge < -0.3 is 24.5 Å². The number of nitrogens with zero attached hydrogens (tertiary/aromatic N) is 5. The molecule has 3 heterocycles. The van der Waals surface area contributed by atoms with Crippen LogP contribution in [-0.4, -0.2) is 77.0 Å². The summed E-state index contributed by atoms with van der Waals surface area (Å²) in [5.74, 6) is 1.74. The van der Waals surface area contributed by atoms with Crippen LogP contribution in [0.25, 0.3) is 0 Å². The van der Waals surface area contributed by atoms with Crippen molar-refractivity contribution in [3.05, 3.63) is 12.4 Å². The molecule has 8 nitrogen and oxygen atoms in total. The Balaban J connectivity index is 1.69. The van der Waals surface area contributed by atoms with E-state index in [9.17, 15) is 9.90 Å². The molecule has 2 aliphatic heterocycles. The van der Waals surface area contributed by atoms with Gasteiger partial charge in [-0.25, -0.2) is 14.8 Å². The molecule has 156 valence electrons. The van der Waals surface area contributed by atoms with Crippen LogP contribution in [0, 0.1) is 0 Å². The number of amides is 1. The van der Waals surface area contributed by atoms with Gasteiger partial charge in [0, 0.05) is 32.7 Å². The van der Waals surface area contributed by atoms with E-state index in [1.807, 2.05) is 33.9 Å². The SMILES string of the molecule is CN(C(=O)OC(C)(C)C)[C@H]1CCCN(c2cc(N3CCC[C@@H]3CO)ncn2)C1. The zero-order chi connectivity index (χ0) is 20.3. The number of rotatable bonds is 4. The van der Waals surface area contributed by atoms with Gasteiger partial charge in [0.1, 0.15) is 23.6 Å². The van der Waals surface area contributed by atoms with E-state index in [2.05, 4.69) is 19.8 Å². The highest BCUT2D eigenvalue weighted by Gasteiger charge is 2.30. The molecule has 2 atom stereocenters. The van der Waals surface area contributed by atoms with Crippen LogP contribution in [0.4, 0.5) is 16.4 Å². The van der Waals surface area contributed by atoms with Crippen LogP contribution in [0.1, 0.15) is 46.5 Å². The quantitative estimate of drug-likeness (QED) is 0.843. The number of anilines is 2. The summed E-state index contributed by atoms with van der Waals surface area (Å²) in [5.41, 5.74) is -0.500. The summed E-state index contributed by atoms with van der Waals surface area (Å²) < 4.78 is 5.52. The van der Waals surface area contributed by atoms with Gasteiger partial charge in [0.15, 0.2) is 0 Å². The molecule has 0 spiro atoms. The maximum Gasteiger partial charge on any atom is 0.410 e. The Bertz CT molecular complexity index is 678. The molecule has 0 saturated carbocycles. The average Bonchev–Trinajstić information content (AvgIpc) is 3.15. The highest BCUT2D eigenvalue weighted by Crippen LogP contribution is 2.27. The summed E-state index contributed by atoms with van der Waals surface area (Å²) in [4.78, 5) is 27.4. The van der Waals surface area contributed by atoms with Crippen LogP contribution in [0.5, 0.6) is 0 Å². The van der Waals surface area contributed by atoms with Crippen LogP contribution in [-0.2, 0) is 4.74 Å². The molecule has 1 aromatic heterocycles. The van der Waals surface area contributed by atoms with Crippen molar-refractivity contribution < 1.29 is 14.6 Å². The lowest BCUT2D eigenvalue weighted by Crippen LogP contribution is -2.50. The number of carbonyl (C=O) groups excluding carboxylic acids is 1. The third-order valence-corrected chi connectivity index (χ3v) is 5.47. The number of aliphatic hydroxyl groups excluding tert-OH is 1. The van der Waals surface area contributed by atoms with E-state index >= 15 is 0 Å². The van der Waals surface area contributed by atoms with E-state index in [1.165, 1.54) is 0 Å². The standard InChI is InChI=1S/C20H33N5O3/c1-20(2,3)28-19(27)23(4)15-7-5-9-24(12-15)17-11-18(22-14-21-17)25-10-6-8-16(25)13-26/h11,14-16,26H,5-10,12-13H2,1-4H3/t15-,16+/m0/s1. The minimum absolute atomic E-state index is 0.0824. The number of likely N-dealkylation sites (N-methyl/N-ethyl adjacent to an activating group) is 1. The largest absolute Gasteiger partial charge is 0.444 e. The van der Waals surface area contributed by atoms with Crippen molar-refractivity contribution in [1.29, 1.82) is 0 Å². The molecule has 0 radical (unpaired) electrons. The zero-order valence-electron chi connectivity index (χ0n) is 17.5. The Labute approximate surface area is 167 Å². The van der Waals surface area contributed by atoms with Crippen LogP contribution in [0.3, 0.4) is 0 Å². The van der Waals surface area contributed by atoms with Crippen LogP contribution in [0.15, 0.2) is 12.4 Å². The lowest BCUT2D eigenvalue weighted by Gasteiger charge is -2.38. The van der Waals surface area contributed by atoms with E-state index in [0.717, 1.165) is 57.0 Å². The van der Waals surface area contributed by atoms with Gasteiger partial charge in [-0.2, -0.15) is 0 Å². The van der Waals surface area contributed by atoms with Crippen molar-refractivity contribution >= 4 is 17.7 Å². The first-order valence-corrected chi connectivity index (χ1v) is 10.2. The second-order valence-electron chi connectivity index (χ2n) is 8.74. The first-order valence-electron chi connectivity index (χ1n) is 10.2. The normalized spacial score (nSPS) is 23.0. The van der Waals surface area contributed by atoms with Crippen LogP contribution >= 0.6 is 0 Å². The molecule has 0 unspecified atom stereocenters. The van der Waals surface area contributed by atoms with Crippen molar-refractivity contribution in [1.82, 2.24) is 14.9 Å². The van der Waals surface area contributed by atoms with Gasteiger partial charge in [-0.05, 0) is 46.5 Å². The Morgan fingerprint density at radius 2 is 1.96 bits per heavy atom. The molecule has 1 aromatic rings. The van der Waals surface area contributed by atoms with Gasteiger partial charge in [0.25, 0.3) is 0 Å². The maximum absolute atomic E-state index is 12.4. The second-order valence-corrected chi connectivity index (χ2v) is 8.74. The molecule has 1 amide bonds. The number of ether oxygens (including phenoxy) is 1. The lowest BCUT2D eigenvalue weighted by molar-refractivity contribution is 0.0209. The van der Waals surface area contributed by atoms with Gasteiger partial charge in [-0.3, -0.25) is 0 Å². The van der Waals surface area contributed by atoms with Crippen LogP contribution < -0.4 is 9.80 Å². The zero-order valence-corrected chi connectivity index (χ0v) is 17.5. The van der Waals surface area contributed by atoms with Crippen molar-refractivity contribution in [2.24, 2.45) is 0 Å². The third kappa shape index (κ3) is 4.84.